The zero-order valence-electron chi connectivity index (χ0n) is 9.52. The van der Waals surface area contributed by atoms with Crippen molar-refractivity contribution in [2.75, 3.05) is 6.61 Å². The molecule has 4 N–H and O–H groups in total. The molecule has 1 aromatic rings. The molecular weight excluding hydrogens is 259 g/mol. The summed E-state index contributed by atoms with van der Waals surface area (Å²) in [5.74, 6) is -2.05. The number of carboxylic acid groups (broad SMARTS) is 1. The Kier molecular flexibility index (Phi) is 5.24. The molecule has 1 rings (SSSR count). The van der Waals surface area contributed by atoms with Crippen molar-refractivity contribution < 1.29 is 32.6 Å². The van der Waals surface area contributed by atoms with Crippen molar-refractivity contribution in [3.05, 3.63) is 11.8 Å². The third kappa shape index (κ3) is 5.10. The van der Waals surface area contributed by atoms with Crippen LogP contribution in [0.2, 0.25) is 0 Å². The molecule has 18 heavy (non-hydrogen) atoms. The van der Waals surface area contributed by atoms with E-state index in [4.69, 9.17) is 25.2 Å². The van der Waals surface area contributed by atoms with Gasteiger partial charge in [0.1, 0.15) is 5.54 Å². The molecule has 0 radical (unpaired) electrons. The van der Waals surface area contributed by atoms with Gasteiger partial charge in [-0.3, -0.25) is 0 Å². The van der Waals surface area contributed by atoms with Gasteiger partial charge >= 0.3 is 12.1 Å². The van der Waals surface area contributed by atoms with Crippen LogP contribution >= 0.6 is 0 Å². The van der Waals surface area contributed by atoms with Crippen LogP contribution < -0.4 is 5.73 Å². The molecule has 10 heteroatoms. The van der Waals surface area contributed by atoms with Crippen LogP contribution in [-0.2, 0) is 10.3 Å². The second kappa shape index (κ2) is 5.78. The average Bonchev–Trinajstić information content (AvgIpc) is 2.65. The van der Waals surface area contributed by atoms with Crippen molar-refractivity contribution in [2.24, 2.45) is 5.73 Å². The molecule has 1 heterocycles. The molecule has 1 aromatic heterocycles. The number of carbonyl (C=O) groups is 1. The van der Waals surface area contributed by atoms with Gasteiger partial charge in [0.05, 0.1) is 6.61 Å². The summed E-state index contributed by atoms with van der Waals surface area (Å²) in [6, 6.07) is 0. The van der Waals surface area contributed by atoms with Crippen molar-refractivity contribution in [1.29, 1.82) is 0 Å². The minimum atomic E-state index is -5.08. The van der Waals surface area contributed by atoms with Gasteiger partial charge in [0.25, 0.3) is 0 Å². The van der Waals surface area contributed by atoms with Crippen molar-refractivity contribution in [1.82, 2.24) is 10.2 Å². The van der Waals surface area contributed by atoms with Crippen LogP contribution in [0.4, 0.5) is 13.2 Å². The summed E-state index contributed by atoms with van der Waals surface area (Å²) in [5, 5.41) is 23.2. The maximum atomic E-state index is 10.6. The Morgan fingerprint density at radius 2 is 1.89 bits per heavy atom. The molecule has 0 aliphatic carbocycles. The number of aliphatic hydroxyl groups is 1. The zero-order valence-corrected chi connectivity index (χ0v) is 9.52. The number of aromatic nitrogens is 2. The number of aryl methyl sites for hydroxylation is 1. The van der Waals surface area contributed by atoms with Crippen LogP contribution in [0, 0.1) is 6.92 Å². The molecule has 0 aromatic carbocycles. The first-order valence-corrected chi connectivity index (χ1v) is 4.51. The lowest BCUT2D eigenvalue weighted by atomic mass is 10.1. The lowest BCUT2D eigenvalue weighted by molar-refractivity contribution is -0.192. The lowest BCUT2D eigenvalue weighted by Crippen LogP contribution is -2.37. The van der Waals surface area contributed by atoms with Crippen molar-refractivity contribution >= 4 is 5.97 Å². The largest absolute Gasteiger partial charge is 0.490 e. The maximum Gasteiger partial charge on any atom is 0.490 e. The van der Waals surface area contributed by atoms with E-state index < -0.39 is 17.7 Å². The van der Waals surface area contributed by atoms with Gasteiger partial charge in [0.15, 0.2) is 0 Å². The van der Waals surface area contributed by atoms with Gasteiger partial charge in [-0.05, 0) is 6.92 Å². The van der Waals surface area contributed by atoms with E-state index in [0.29, 0.717) is 5.89 Å². The summed E-state index contributed by atoms with van der Waals surface area (Å²) in [4.78, 5) is 8.90. The predicted octanol–water partition coefficient (Wildman–Crippen LogP) is 0.178. The topological polar surface area (TPSA) is 122 Å². The quantitative estimate of drug-likeness (QED) is 0.701. The number of halogens is 3. The molecular formula is C8H12F3N3O4. The molecule has 7 nitrogen and oxygen atoms in total. The highest BCUT2D eigenvalue weighted by Crippen LogP contribution is 2.14. The Morgan fingerprint density at radius 3 is 2.11 bits per heavy atom. The number of aliphatic hydroxyl groups excluding tert-OH is 1. The van der Waals surface area contributed by atoms with Crippen molar-refractivity contribution in [3.8, 4) is 0 Å². The van der Waals surface area contributed by atoms with Gasteiger partial charge in [0, 0.05) is 6.92 Å². The van der Waals surface area contributed by atoms with E-state index in [1.165, 1.54) is 0 Å². The fraction of sp³-hybridized carbons (Fsp3) is 0.625. The summed E-state index contributed by atoms with van der Waals surface area (Å²) in [7, 11) is 0. The average molecular weight is 271 g/mol. The van der Waals surface area contributed by atoms with Gasteiger partial charge in [-0.1, -0.05) is 0 Å². The normalized spacial score (nSPS) is 14.4. The number of alkyl halides is 3. The SMILES string of the molecule is Cc1nnc([C@@](C)(N)CO)o1.O=C(O)C(F)(F)F. The number of hydrogen-bond acceptors (Lipinski definition) is 6. The van der Waals surface area contributed by atoms with Gasteiger partial charge in [-0.15, -0.1) is 10.2 Å². The molecule has 0 spiro atoms. The maximum absolute atomic E-state index is 10.6. The summed E-state index contributed by atoms with van der Waals surface area (Å²) < 4.78 is 36.8. The molecule has 0 saturated carbocycles. The van der Waals surface area contributed by atoms with Gasteiger partial charge < -0.3 is 20.4 Å². The first-order chi connectivity index (χ1) is 8.00. The summed E-state index contributed by atoms with van der Waals surface area (Å²) >= 11 is 0. The van der Waals surface area contributed by atoms with E-state index in [1.807, 2.05) is 0 Å². The number of nitrogens with zero attached hydrogens (tertiary/aromatic N) is 2. The lowest BCUT2D eigenvalue weighted by Gasteiger charge is -2.15. The fourth-order valence-electron chi connectivity index (χ4n) is 0.595. The van der Waals surface area contributed by atoms with E-state index in [1.54, 1.807) is 13.8 Å². The molecule has 0 bridgehead atoms. The van der Waals surface area contributed by atoms with Crippen LogP contribution in [0.5, 0.6) is 0 Å². The van der Waals surface area contributed by atoms with Crippen molar-refractivity contribution in [3.63, 3.8) is 0 Å². The highest BCUT2D eigenvalue weighted by atomic mass is 19.4. The Morgan fingerprint density at radius 1 is 1.44 bits per heavy atom. The Labute approximate surface area is 99.4 Å². The number of aliphatic carboxylic acids is 1. The van der Waals surface area contributed by atoms with Gasteiger partial charge in [0.2, 0.25) is 11.8 Å². The van der Waals surface area contributed by atoms with E-state index >= 15 is 0 Å². The van der Waals surface area contributed by atoms with Crippen LogP contribution in [0.25, 0.3) is 0 Å². The number of rotatable bonds is 2. The van der Waals surface area contributed by atoms with E-state index in [0.717, 1.165) is 0 Å². The third-order valence-electron chi connectivity index (χ3n) is 1.59. The Bertz CT molecular complexity index is 403. The highest BCUT2D eigenvalue weighted by molar-refractivity contribution is 5.73. The van der Waals surface area contributed by atoms with Crippen LogP contribution in [0.15, 0.2) is 4.42 Å². The molecule has 0 saturated heterocycles. The Balaban J connectivity index is 0.000000360. The Hall–Kier alpha value is -1.68. The number of nitrogens with two attached hydrogens (primary N) is 1. The number of carboxylic acids is 1. The third-order valence-corrected chi connectivity index (χ3v) is 1.59. The zero-order chi connectivity index (χ0) is 14.6. The van der Waals surface area contributed by atoms with Crippen LogP contribution in [0.3, 0.4) is 0 Å². The second-order valence-corrected chi connectivity index (χ2v) is 3.50. The predicted molar refractivity (Wildman–Crippen MR) is 51.4 cm³/mol. The van der Waals surface area contributed by atoms with Gasteiger partial charge in [-0.2, -0.15) is 13.2 Å². The van der Waals surface area contributed by atoms with E-state index in [-0.39, 0.29) is 12.5 Å². The minimum Gasteiger partial charge on any atom is -0.475 e. The molecule has 0 amide bonds. The van der Waals surface area contributed by atoms with Crippen LogP contribution in [0.1, 0.15) is 18.7 Å². The highest BCUT2D eigenvalue weighted by Gasteiger charge is 2.38. The molecule has 1 atom stereocenters. The van der Waals surface area contributed by atoms with E-state index in [9.17, 15) is 13.2 Å². The van der Waals surface area contributed by atoms with Crippen LogP contribution in [-0.4, -0.2) is 39.2 Å². The molecule has 0 aliphatic heterocycles. The summed E-state index contributed by atoms with van der Waals surface area (Å²) in [5.41, 5.74) is 4.68. The molecule has 104 valence electrons. The molecule has 0 fully saturated rings. The first kappa shape index (κ1) is 16.3. The standard InChI is InChI=1S/C6H11N3O2.C2HF3O2/c1-4-8-9-5(11-4)6(2,7)3-10;3-2(4,5)1(6)7/h10H,3,7H2,1-2H3;(H,6,7)/t6-;/m0./s1. The summed E-state index contributed by atoms with van der Waals surface area (Å²) in [6.45, 7) is 3.08. The molecule has 0 aliphatic rings. The summed E-state index contributed by atoms with van der Waals surface area (Å²) in [6.07, 6.45) is -5.08. The van der Waals surface area contributed by atoms with E-state index in [2.05, 4.69) is 10.2 Å². The van der Waals surface area contributed by atoms with Gasteiger partial charge in [-0.25, -0.2) is 4.79 Å². The molecule has 0 unspecified atom stereocenters. The van der Waals surface area contributed by atoms with Crippen molar-refractivity contribution in [2.45, 2.75) is 25.6 Å². The number of hydrogen-bond donors (Lipinski definition) is 3. The fourth-order valence-corrected chi connectivity index (χ4v) is 0.595. The monoisotopic (exact) mass is 271 g/mol. The smallest absolute Gasteiger partial charge is 0.475 e. The minimum absolute atomic E-state index is 0.214. The second-order valence-electron chi connectivity index (χ2n) is 3.50. The first-order valence-electron chi connectivity index (χ1n) is 4.51.